The number of aromatic nitrogens is 1. The molecule has 116 valence electrons. The van der Waals surface area contributed by atoms with Gasteiger partial charge in [0.1, 0.15) is 6.04 Å². The SMILES string of the molecule is Cc1csc(=O)n1CCCC(=O)N1C(C)SCC1C(=O)O. The molecule has 0 aliphatic carbocycles. The molecule has 8 heteroatoms. The van der Waals surface area contributed by atoms with E-state index in [0.29, 0.717) is 18.7 Å². The molecule has 1 aliphatic heterocycles. The predicted octanol–water partition coefficient (Wildman–Crippen LogP) is 1.37. The first-order chi connectivity index (χ1) is 9.91. The molecule has 0 aromatic carbocycles. The van der Waals surface area contributed by atoms with Crippen LogP contribution in [0.1, 0.15) is 25.5 Å². The van der Waals surface area contributed by atoms with E-state index >= 15 is 0 Å². The minimum Gasteiger partial charge on any atom is -0.480 e. The molecule has 1 saturated heterocycles. The zero-order chi connectivity index (χ0) is 15.6. The van der Waals surface area contributed by atoms with Gasteiger partial charge in [-0.3, -0.25) is 9.59 Å². The second-order valence-electron chi connectivity index (χ2n) is 4.99. The van der Waals surface area contributed by atoms with Crippen molar-refractivity contribution >= 4 is 35.0 Å². The number of rotatable bonds is 5. The lowest BCUT2D eigenvalue weighted by Gasteiger charge is -2.25. The lowest BCUT2D eigenvalue weighted by atomic mass is 10.2. The quantitative estimate of drug-likeness (QED) is 0.882. The summed E-state index contributed by atoms with van der Waals surface area (Å²) in [5.74, 6) is -0.670. The number of thiazole rings is 1. The Bertz CT molecular complexity index is 595. The highest BCUT2D eigenvalue weighted by atomic mass is 32.2. The number of carbonyl (C=O) groups is 2. The zero-order valence-corrected chi connectivity index (χ0v) is 13.6. The Morgan fingerprint density at radius 1 is 1.48 bits per heavy atom. The summed E-state index contributed by atoms with van der Waals surface area (Å²) >= 11 is 2.63. The molecular formula is C13H18N2O4S2. The number of carbonyl (C=O) groups excluding carboxylic acids is 1. The Kier molecular flexibility index (Phi) is 5.10. The van der Waals surface area contributed by atoms with Gasteiger partial charge in [0.05, 0.1) is 5.37 Å². The Morgan fingerprint density at radius 2 is 2.19 bits per heavy atom. The van der Waals surface area contributed by atoms with E-state index in [2.05, 4.69) is 0 Å². The van der Waals surface area contributed by atoms with Gasteiger partial charge in [-0.1, -0.05) is 11.3 Å². The van der Waals surface area contributed by atoms with Gasteiger partial charge in [-0.25, -0.2) is 4.79 Å². The summed E-state index contributed by atoms with van der Waals surface area (Å²) in [5, 5.41) is 10.8. The van der Waals surface area contributed by atoms with Crippen LogP contribution in [-0.2, 0) is 16.1 Å². The van der Waals surface area contributed by atoms with Gasteiger partial charge in [0.25, 0.3) is 0 Å². The van der Waals surface area contributed by atoms with E-state index in [1.165, 1.54) is 16.7 Å². The average Bonchev–Trinajstić information content (AvgIpc) is 2.95. The summed E-state index contributed by atoms with van der Waals surface area (Å²) in [5.41, 5.74) is 0.894. The molecule has 0 spiro atoms. The van der Waals surface area contributed by atoms with Gasteiger partial charge < -0.3 is 14.6 Å². The summed E-state index contributed by atoms with van der Waals surface area (Å²) in [6, 6.07) is -0.733. The maximum Gasteiger partial charge on any atom is 0.327 e. The standard InChI is InChI=1S/C13H18N2O4S2/c1-8-6-21-13(19)14(8)5-3-4-11(16)15-9(2)20-7-10(15)12(17)18/h6,9-10H,3-5,7H2,1-2H3,(H,17,18). The molecule has 6 nitrogen and oxygen atoms in total. The number of thioether (sulfide) groups is 1. The third-order valence-electron chi connectivity index (χ3n) is 3.54. The average molecular weight is 330 g/mol. The summed E-state index contributed by atoms with van der Waals surface area (Å²) in [6.07, 6.45) is 0.799. The van der Waals surface area contributed by atoms with Crippen LogP contribution in [0.2, 0.25) is 0 Å². The minimum atomic E-state index is -0.954. The van der Waals surface area contributed by atoms with Gasteiger partial charge >= 0.3 is 10.8 Å². The number of hydrogen-bond acceptors (Lipinski definition) is 5. The lowest BCUT2D eigenvalue weighted by Crippen LogP contribution is -2.44. The van der Waals surface area contributed by atoms with Crippen molar-refractivity contribution in [1.29, 1.82) is 0 Å². The fourth-order valence-electron chi connectivity index (χ4n) is 2.40. The van der Waals surface area contributed by atoms with Crippen LogP contribution >= 0.6 is 23.1 Å². The molecule has 21 heavy (non-hydrogen) atoms. The maximum absolute atomic E-state index is 12.2. The summed E-state index contributed by atoms with van der Waals surface area (Å²) < 4.78 is 1.65. The van der Waals surface area contributed by atoms with Gasteiger partial charge in [-0.2, -0.15) is 0 Å². The fourth-order valence-corrected chi connectivity index (χ4v) is 4.35. The van der Waals surface area contributed by atoms with Gasteiger partial charge in [0.15, 0.2) is 0 Å². The van der Waals surface area contributed by atoms with Gasteiger partial charge in [0.2, 0.25) is 5.91 Å². The molecule has 1 aliphatic rings. The van der Waals surface area contributed by atoms with Crippen LogP contribution in [0.4, 0.5) is 0 Å². The number of hydrogen-bond donors (Lipinski definition) is 1. The van der Waals surface area contributed by atoms with Gasteiger partial charge in [-0.15, -0.1) is 11.8 Å². The van der Waals surface area contributed by atoms with Crippen LogP contribution in [0, 0.1) is 6.92 Å². The summed E-state index contributed by atoms with van der Waals surface area (Å²) in [7, 11) is 0. The normalized spacial score (nSPS) is 21.7. The van der Waals surface area contributed by atoms with Crippen molar-refractivity contribution in [2.45, 2.75) is 44.6 Å². The second kappa shape index (κ2) is 6.65. The van der Waals surface area contributed by atoms with Crippen molar-refractivity contribution in [3.8, 4) is 0 Å². The first-order valence-electron chi connectivity index (χ1n) is 6.72. The van der Waals surface area contributed by atoms with Crippen LogP contribution in [-0.4, -0.2) is 43.6 Å². The Balaban J connectivity index is 1.92. The molecule has 1 fully saturated rings. The van der Waals surface area contributed by atoms with E-state index in [-0.39, 0.29) is 22.6 Å². The molecule has 0 saturated carbocycles. The van der Waals surface area contributed by atoms with Gasteiger partial charge in [-0.05, 0) is 20.3 Å². The Morgan fingerprint density at radius 3 is 2.76 bits per heavy atom. The van der Waals surface area contributed by atoms with E-state index in [0.717, 1.165) is 17.0 Å². The van der Waals surface area contributed by atoms with E-state index < -0.39 is 12.0 Å². The van der Waals surface area contributed by atoms with Crippen LogP contribution in [0.5, 0.6) is 0 Å². The van der Waals surface area contributed by atoms with Crippen molar-refractivity contribution in [2.24, 2.45) is 0 Å². The number of aryl methyl sites for hydroxylation is 1. The molecule has 1 N–H and O–H groups in total. The highest BCUT2D eigenvalue weighted by molar-refractivity contribution is 8.00. The molecular weight excluding hydrogens is 312 g/mol. The van der Waals surface area contributed by atoms with Crippen molar-refractivity contribution in [1.82, 2.24) is 9.47 Å². The lowest BCUT2D eigenvalue weighted by molar-refractivity contribution is -0.149. The molecule has 0 bridgehead atoms. The largest absolute Gasteiger partial charge is 0.480 e. The van der Waals surface area contributed by atoms with Crippen molar-refractivity contribution < 1.29 is 14.7 Å². The van der Waals surface area contributed by atoms with Crippen LogP contribution < -0.4 is 4.87 Å². The Labute approximate surface area is 130 Å². The number of carboxylic acids is 1. The number of aliphatic carboxylic acids is 1. The second-order valence-corrected chi connectivity index (χ2v) is 7.16. The van der Waals surface area contributed by atoms with Crippen molar-refractivity contribution in [2.75, 3.05) is 5.75 Å². The number of nitrogens with zero attached hydrogens (tertiary/aromatic N) is 2. The smallest absolute Gasteiger partial charge is 0.327 e. The van der Waals surface area contributed by atoms with E-state index in [1.54, 1.807) is 9.95 Å². The van der Waals surface area contributed by atoms with Crippen molar-refractivity contribution in [3.05, 3.63) is 20.7 Å². The molecule has 1 aromatic heterocycles. The van der Waals surface area contributed by atoms with E-state index in [9.17, 15) is 14.4 Å². The van der Waals surface area contributed by atoms with Crippen LogP contribution in [0.15, 0.2) is 10.2 Å². The van der Waals surface area contributed by atoms with Crippen LogP contribution in [0.25, 0.3) is 0 Å². The highest BCUT2D eigenvalue weighted by Crippen LogP contribution is 2.29. The monoisotopic (exact) mass is 330 g/mol. The molecule has 0 radical (unpaired) electrons. The molecule has 1 amide bonds. The van der Waals surface area contributed by atoms with E-state index in [4.69, 9.17) is 5.11 Å². The molecule has 1 aromatic rings. The number of amides is 1. The molecule has 2 atom stereocenters. The zero-order valence-electron chi connectivity index (χ0n) is 11.9. The molecule has 2 unspecified atom stereocenters. The molecule has 2 rings (SSSR count). The van der Waals surface area contributed by atoms with E-state index in [1.807, 2.05) is 13.8 Å². The fraction of sp³-hybridized carbons (Fsp3) is 0.615. The highest BCUT2D eigenvalue weighted by Gasteiger charge is 2.38. The van der Waals surface area contributed by atoms with Crippen LogP contribution in [0.3, 0.4) is 0 Å². The maximum atomic E-state index is 12.2. The predicted molar refractivity (Wildman–Crippen MR) is 82.7 cm³/mol. The minimum absolute atomic E-state index is 0.0199. The first kappa shape index (κ1) is 16.1. The Hall–Kier alpha value is -1.28. The third kappa shape index (κ3) is 3.49. The summed E-state index contributed by atoms with van der Waals surface area (Å²) in [6.45, 7) is 4.20. The van der Waals surface area contributed by atoms with Crippen molar-refractivity contribution in [3.63, 3.8) is 0 Å². The first-order valence-corrected chi connectivity index (χ1v) is 8.65. The van der Waals surface area contributed by atoms with Gasteiger partial charge in [0, 0.05) is 29.8 Å². The summed E-state index contributed by atoms with van der Waals surface area (Å²) in [4.78, 5) is 36.4. The topological polar surface area (TPSA) is 79.6 Å². The number of carboxylic acid groups (broad SMARTS) is 1. The molecule has 2 heterocycles. The third-order valence-corrected chi connectivity index (χ3v) is 5.64.